The monoisotopic (exact) mass is 385 g/mol. The number of fused-ring (bicyclic) bond motifs is 1. The highest BCUT2D eigenvalue weighted by atomic mass is 19.1. The molecule has 4 rings (SSSR count). The predicted molar refractivity (Wildman–Crippen MR) is 101 cm³/mol. The third kappa shape index (κ3) is 3.58. The van der Waals surface area contributed by atoms with Gasteiger partial charge in [-0.05, 0) is 37.1 Å². The number of nitrogen functional groups attached to an aromatic ring is 1. The lowest BCUT2D eigenvalue weighted by molar-refractivity contribution is -0.121. The van der Waals surface area contributed by atoms with Crippen molar-refractivity contribution in [2.24, 2.45) is 5.92 Å². The molecule has 0 bridgehead atoms. The summed E-state index contributed by atoms with van der Waals surface area (Å²) < 4.78 is 23.7. The molecule has 1 unspecified atom stereocenters. The number of carbonyl (C=O) groups is 2. The number of nitrogens with zero attached hydrogens (tertiary/aromatic N) is 1. The van der Waals surface area contributed by atoms with Crippen LogP contribution in [-0.4, -0.2) is 36.6 Å². The number of amides is 2. The van der Waals surface area contributed by atoms with Crippen LogP contribution in [0.4, 0.5) is 15.8 Å². The van der Waals surface area contributed by atoms with Crippen molar-refractivity contribution in [3.8, 4) is 11.5 Å². The van der Waals surface area contributed by atoms with E-state index < -0.39 is 5.82 Å². The number of likely N-dealkylation sites (tertiary alicyclic amines) is 1. The summed E-state index contributed by atoms with van der Waals surface area (Å²) in [4.78, 5) is 27.0. The minimum atomic E-state index is -0.395. The summed E-state index contributed by atoms with van der Waals surface area (Å²) in [5.74, 6) is -0.0931. The predicted octanol–water partition coefficient (Wildman–Crippen LogP) is 2.63. The standard InChI is InChI=1S/C20H20FN3O4/c21-14-5-3-12(4-6-14)20(26)24-7-1-2-13(10-24)19(25)23-16-9-18-17(8-15(16)22)27-11-28-18/h3-6,8-9,13H,1-2,7,10-11,22H2,(H,23,25). The number of anilines is 2. The molecule has 2 aliphatic rings. The Balaban J connectivity index is 1.43. The molecular weight excluding hydrogens is 365 g/mol. The first-order valence-corrected chi connectivity index (χ1v) is 9.06. The van der Waals surface area contributed by atoms with E-state index in [-0.39, 0.29) is 24.5 Å². The lowest BCUT2D eigenvalue weighted by Gasteiger charge is -2.32. The number of nitrogens with one attached hydrogen (secondary N) is 1. The van der Waals surface area contributed by atoms with Gasteiger partial charge in [0.15, 0.2) is 11.5 Å². The average Bonchev–Trinajstić information content (AvgIpc) is 3.15. The van der Waals surface area contributed by atoms with E-state index in [2.05, 4.69) is 5.32 Å². The third-order valence-corrected chi connectivity index (χ3v) is 4.97. The second-order valence-electron chi connectivity index (χ2n) is 6.88. The Morgan fingerprint density at radius 3 is 2.61 bits per heavy atom. The molecule has 1 atom stereocenters. The number of carbonyl (C=O) groups excluding carboxylic acids is 2. The van der Waals surface area contributed by atoms with Gasteiger partial charge in [0.2, 0.25) is 12.7 Å². The normalized spacial score (nSPS) is 18.0. The van der Waals surface area contributed by atoms with Gasteiger partial charge in [0.05, 0.1) is 17.3 Å². The average molecular weight is 385 g/mol. The van der Waals surface area contributed by atoms with E-state index in [0.29, 0.717) is 54.4 Å². The Bertz CT molecular complexity index is 916. The van der Waals surface area contributed by atoms with Crippen LogP contribution in [0.25, 0.3) is 0 Å². The molecule has 1 saturated heterocycles. The van der Waals surface area contributed by atoms with Crippen molar-refractivity contribution in [2.75, 3.05) is 30.9 Å². The number of nitrogens with two attached hydrogens (primary N) is 1. The number of piperidine rings is 1. The Morgan fingerprint density at radius 2 is 1.86 bits per heavy atom. The fourth-order valence-electron chi connectivity index (χ4n) is 3.45. The van der Waals surface area contributed by atoms with Gasteiger partial charge in [0.1, 0.15) is 5.82 Å². The van der Waals surface area contributed by atoms with Crippen LogP contribution in [0.1, 0.15) is 23.2 Å². The first-order chi connectivity index (χ1) is 13.5. The summed E-state index contributed by atoms with van der Waals surface area (Å²) in [6.45, 7) is 0.980. The number of hydrogen-bond donors (Lipinski definition) is 2. The van der Waals surface area contributed by atoms with Gasteiger partial charge in [0, 0.05) is 30.8 Å². The molecule has 2 aliphatic heterocycles. The van der Waals surface area contributed by atoms with Crippen LogP contribution < -0.4 is 20.5 Å². The molecule has 2 aromatic rings. The summed E-state index contributed by atoms with van der Waals surface area (Å²) >= 11 is 0. The summed E-state index contributed by atoms with van der Waals surface area (Å²) in [5, 5.41) is 2.83. The number of ether oxygens (including phenoxy) is 2. The van der Waals surface area contributed by atoms with Crippen LogP contribution in [-0.2, 0) is 4.79 Å². The van der Waals surface area contributed by atoms with Gasteiger partial charge >= 0.3 is 0 Å². The van der Waals surface area contributed by atoms with Gasteiger partial charge in [-0.1, -0.05) is 0 Å². The summed E-state index contributed by atoms with van der Waals surface area (Å²) in [5.41, 5.74) is 7.23. The fraction of sp³-hybridized carbons (Fsp3) is 0.300. The Labute approximate surface area is 161 Å². The molecule has 7 nitrogen and oxygen atoms in total. The number of hydrogen-bond acceptors (Lipinski definition) is 5. The van der Waals surface area contributed by atoms with E-state index in [1.54, 1.807) is 17.0 Å². The summed E-state index contributed by atoms with van der Waals surface area (Å²) in [6, 6.07) is 8.67. The smallest absolute Gasteiger partial charge is 0.253 e. The van der Waals surface area contributed by atoms with Crippen LogP contribution in [0, 0.1) is 11.7 Å². The zero-order chi connectivity index (χ0) is 19.7. The van der Waals surface area contributed by atoms with E-state index >= 15 is 0 Å². The number of halogens is 1. The molecule has 0 saturated carbocycles. The van der Waals surface area contributed by atoms with Crippen LogP contribution in [0.5, 0.6) is 11.5 Å². The van der Waals surface area contributed by atoms with Crippen molar-refractivity contribution in [1.29, 1.82) is 0 Å². The molecule has 3 N–H and O–H groups in total. The SMILES string of the molecule is Nc1cc2c(cc1NC(=O)C1CCCN(C(=O)c3ccc(F)cc3)C1)OCO2. The maximum absolute atomic E-state index is 13.1. The van der Waals surface area contributed by atoms with Gasteiger partial charge in [0.25, 0.3) is 5.91 Å². The molecule has 0 aliphatic carbocycles. The minimum Gasteiger partial charge on any atom is -0.454 e. The number of benzene rings is 2. The molecule has 0 radical (unpaired) electrons. The van der Waals surface area contributed by atoms with E-state index in [0.717, 1.165) is 0 Å². The van der Waals surface area contributed by atoms with Crippen LogP contribution in [0.2, 0.25) is 0 Å². The van der Waals surface area contributed by atoms with Crippen molar-refractivity contribution < 1.29 is 23.5 Å². The molecule has 28 heavy (non-hydrogen) atoms. The minimum absolute atomic E-state index is 0.120. The van der Waals surface area contributed by atoms with Gasteiger partial charge in [-0.25, -0.2) is 4.39 Å². The topological polar surface area (TPSA) is 93.9 Å². The third-order valence-electron chi connectivity index (χ3n) is 4.97. The first kappa shape index (κ1) is 18.1. The van der Waals surface area contributed by atoms with Gasteiger partial charge in [-0.15, -0.1) is 0 Å². The lowest BCUT2D eigenvalue weighted by Crippen LogP contribution is -2.43. The molecule has 146 valence electrons. The highest BCUT2D eigenvalue weighted by Gasteiger charge is 2.29. The zero-order valence-corrected chi connectivity index (χ0v) is 15.1. The molecule has 8 heteroatoms. The van der Waals surface area contributed by atoms with Crippen molar-refractivity contribution in [3.05, 3.63) is 47.8 Å². The van der Waals surface area contributed by atoms with Gasteiger partial charge < -0.3 is 25.4 Å². The highest BCUT2D eigenvalue weighted by Crippen LogP contribution is 2.38. The zero-order valence-electron chi connectivity index (χ0n) is 15.1. The fourth-order valence-corrected chi connectivity index (χ4v) is 3.45. The molecule has 2 aromatic carbocycles. The Morgan fingerprint density at radius 1 is 1.14 bits per heavy atom. The first-order valence-electron chi connectivity index (χ1n) is 9.06. The van der Waals surface area contributed by atoms with E-state index in [9.17, 15) is 14.0 Å². The largest absolute Gasteiger partial charge is 0.454 e. The van der Waals surface area contributed by atoms with E-state index in [1.165, 1.54) is 24.3 Å². The molecule has 1 fully saturated rings. The van der Waals surface area contributed by atoms with Crippen molar-refractivity contribution in [2.45, 2.75) is 12.8 Å². The molecule has 2 heterocycles. The molecule has 2 amide bonds. The Kier molecular flexibility index (Phi) is 4.77. The van der Waals surface area contributed by atoms with Crippen LogP contribution in [0.3, 0.4) is 0 Å². The van der Waals surface area contributed by atoms with Crippen molar-refractivity contribution in [1.82, 2.24) is 4.90 Å². The van der Waals surface area contributed by atoms with Crippen molar-refractivity contribution >= 4 is 23.2 Å². The molecule has 0 spiro atoms. The maximum atomic E-state index is 13.1. The van der Waals surface area contributed by atoms with E-state index in [4.69, 9.17) is 15.2 Å². The maximum Gasteiger partial charge on any atom is 0.253 e. The second-order valence-corrected chi connectivity index (χ2v) is 6.88. The van der Waals surface area contributed by atoms with Crippen molar-refractivity contribution in [3.63, 3.8) is 0 Å². The second kappa shape index (κ2) is 7.38. The molecular formula is C20H20FN3O4. The lowest BCUT2D eigenvalue weighted by atomic mass is 9.96. The van der Waals surface area contributed by atoms with Crippen LogP contribution >= 0.6 is 0 Å². The van der Waals surface area contributed by atoms with Gasteiger partial charge in [-0.3, -0.25) is 9.59 Å². The molecule has 0 aromatic heterocycles. The van der Waals surface area contributed by atoms with E-state index in [1.807, 2.05) is 0 Å². The summed E-state index contributed by atoms with van der Waals surface area (Å²) in [7, 11) is 0. The highest BCUT2D eigenvalue weighted by molar-refractivity contribution is 5.98. The Hall–Kier alpha value is -3.29. The van der Waals surface area contributed by atoms with Gasteiger partial charge in [-0.2, -0.15) is 0 Å². The summed E-state index contributed by atoms with van der Waals surface area (Å²) in [6.07, 6.45) is 1.38. The number of rotatable bonds is 3. The van der Waals surface area contributed by atoms with Crippen LogP contribution in [0.15, 0.2) is 36.4 Å². The quantitative estimate of drug-likeness (QED) is 0.792.